The van der Waals surface area contributed by atoms with E-state index >= 15 is 0 Å². The van der Waals surface area contributed by atoms with E-state index in [4.69, 9.17) is 5.73 Å². The summed E-state index contributed by atoms with van der Waals surface area (Å²) in [5.41, 5.74) is 6.65. The SMILES string of the molecule is CC(C)C(CN)CC(=O)NCc1cccnc1. The average molecular weight is 235 g/mol. The predicted octanol–water partition coefficient (Wildman–Crippen LogP) is 1.32. The van der Waals surface area contributed by atoms with Gasteiger partial charge in [-0.05, 0) is 30.0 Å². The van der Waals surface area contributed by atoms with Crippen molar-refractivity contribution < 1.29 is 4.79 Å². The van der Waals surface area contributed by atoms with Crippen LogP contribution in [-0.4, -0.2) is 17.4 Å². The molecule has 0 aliphatic rings. The topological polar surface area (TPSA) is 68.0 Å². The second kappa shape index (κ2) is 7.01. The Labute approximate surface area is 103 Å². The molecule has 0 aromatic carbocycles. The molecule has 1 rings (SSSR count). The van der Waals surface area contributed by atoms with E-state index in [1.165, 1.54) is 0 Å². The van der Waals surface area contributed by atoms with E-state index in [2.05, 4.69) is 24.1 Å². The van der Waals surface area contributed by atoms with Crippen LogP contribution in [0.1, 0.15) is 25.8 Å². The van der Waals surface area contributed by atoms with Crippen LogP contribution < -0.4 is 11.1 Å². The summed E-state index contributed by atoms with van der Waals surface area (Å²) in [6.07, 6.45) is 3.96. The summed E-state index contributed by atoms with van der Waals surface area (Å²) in [6.45, 7) is 5.26. The number of amides is 1. The van der Waals surface area contributed by atoms with Crippen LogP contribution in [0.2, 0.25) is 0 Å². The highest BCUT2D eigenvalue weighted by Gasteiger charge is 2.15. The zero-order valence-corrected chi connectivity index (χ0v) is 10.5. The van der Waals surface area contributed by atoms with Gasteiger partial charge < -0.3 is 11.1 Å². The molecule has 0 radical (unpaired) electrons. The number of nitrogens with one attached hydrogen (secondary N) is 1. The van der Waals surface area contributed by atoms with Gasteiger partial charge in [-0.2, -0.15) is 0 Å². The van der Waals surface area contributed by atoms with Gasteiger partial charge >= 0.3 is 0 Å². The minimum Gasteiger partial charge on any atom is -0.352 e. The van der Waals surface area contributed by atoms with Crippen LogP contribution in [0.15, 0.2) is 24.5 Å². The highest BCUT2D eigenvalue weighted by Crippen LogP contribution is 2.13. The van der Waals surface area contributed by atoms with E-state index in [9.17, 15) is 4.79 Å². The van der Waals surface area contributed by atoms with E-state index in [1.807, 2.05) is 12.1 Å². The van der Waals surface area contributed by atoms with Crippen molar-refractivity contribution in [1.82, 2.24) is 10.3 Å². The van der Waals surface area contributed by atoms with Crippen LogP contribution >= 0.6 is 0 Å². The Hall–Kier alpha value is -1.42. The standard InChI is InChI=1S/C13H21N3O/c1-10(2)12(7-14)6-13(17)16-9-11-4-3-5-15-8-11/h3-5,8,10,12H,6-7,9,14H2,1-2H3,(H,16,17). The van der Waals surface area contributed by atoms with E-state index in [1.54, 1.807) is 12.4 Å². The first-order valence-corrected chi connectivity index (χ1v) is 5.99. The van der Waals surface area contributed by atoms with E-state index < -0.39 is 0 Å². The van der Waals surface area contributed by atoms with Crippen molar-refractivity contribution in [2.75, 3.05) is 6.54 Å². The normalized spacial score (nSPS) is 12.5. The monoisotopic (exact) mass is 235 g/mol. The maximum atomic E-state index is 11.7. The van der Waals surface area contributed by atoms with Crippen LogP contribution in [0.4, 0.5) is 0 Å². The minimum atomic E-state index is 0.0537. The molecule has 4 heteroatoms. The second-order valence-electron chi connectivity index (χ2n) is 4.58. The summed E-state index contributed by atoms with van der Waals surface area (Å²) in [6, 6.07) is 3.80. The number of nitrogens with two attached hydrogens (primary N) is 1. The van der Waals surface area contributed by atoms with Crippen LogP contribution in [0.3, 0.4) is 0 Å². The van der Waals surface area contributed by atoms with Gasteiger partial charge in [0.25, 0.3) is 0 Å². The van der Waals surface area contributed by atoms with Gasteiger partial charge in [0.2, 0.25) is 5.91 Å². The Balaban J connectivity index is 2.35. The summed E-state index contributed by atoms with van der Waals surface area (Å²) in [7, 11) is 0. The van der Waals surface area contributed by atoms with Gasteiger partial charge in [0, 0.05) is 25.4 Å². The Morgan fingerprint density at radius 3 is 2.82 bits per heavy atom. The molecule has 3 N–H and O–H groups in total. The summed E-state index contributed by atoms with van der Waals surface area (Å²) in [5, 5.41) is 2.88. The number of rotatable bonds is 6. The van der Waals surface area contributed by atoms with Crippen molar-refractivity contribution in [2.45, 2.75) is 26.8 Å². The smallest absolute Gasteiger partial charge is 0.220 e. The number of carbonyl (C=O) groups excluding carboxylic acids is 1. The Kier molecular flexibility index (Phi) is 5.63. The molecular weight excluding hydrogens is 214 g/mol. The maximum Gasteiger partial charge on any atom is 0.220 e. The molecule has 94 valence electrons. The zero-order valence-electron chi connectivity index (χ0n) is 10.5. The Morgan fingerprint density at radius 1 is 1.53 bits per heavy atom. The van der Waals surface area contributed by atoms with Gasteiger partial charge in [0.15, 0.2) is 0 Å². The van der Waals surface area contributed by atoms with Crippen LogP contribution in [0.5, 0.6) is 0 Å². The number of hydrogen-bond acceptors (Lipinski definition) is 3. The van der Waals surface area contributed by atoms with Gasteiger partial charge in [-0.15, -0.1) is 0 Å². The van der Waals surface area contributed by atoms with E-state index in [-0.39, 0.29) is 11.8 Å². The fourth-order valence-corrected chi connectivity index (χ4v) is 1.60. The first kappa shape index (κ1) is 13.6. The second-order valence-corrected chi connectivity index (χ2v) is 4.58. The van der Waals surface area contributed by atoms with Gasteiger partial charge in [0.1, 0.15) is 0 Å². The minimum absolute atomic E-state index is 0.0537. The third-order valence-corrected chi connectivity index (χ3v) is 2.91. The number of hydrogen-bond donors (Lipinski definition) is 2. The quantitative estimate of drug-likeness (QED) is 0.781. The average Bonchev–Trinajstić information content (AvgIpc) is 2.34. The number of aromatic nitrogens is 1. The molecule has 17 heavy (non-hydrogen) atoms. The first-order chi connectivity index (χ1) is 8.13. The number of pyridine rings is 1. The van der Waals surface area contributed by atoms with E-state index in [0.29, 0.717) is 25.4 Å². The molecule has 0 bridgehead atoms. The van der Waals surface area contributed by atoms with Gasteiger partial charge in [0.05, 0.1) is 0 Å². The zero-order chi connectivity index (χ0) is 12.7. The lowest BCUT2D eigenvalue weighted by molar-refractivity contribution is -0.122. The summed E-state index contributed by atoms with van der Waals surface area (Å²) < 4.78 is 0. The fraction of sp³-hybridized carbons (Fsp3) is 0.538. The summed E-state index contributed by atoms with van der Waals surface area (Å²) in [4.78, 5) is 15.7. The Morgan fingerprint density at radius 2 is 2.29 bits per heavy atom. The van der Waals surface area contributed by atoms with Crippen molar-refractivity contribution in [1.29, 1.82) is 0 Å². The lowest BCUT2D eigenvalue weighted by atomic mass is 9.92. The summed E-state index contributed by atoms with van der Waals surface area (Å²) >= 11 is 0. The molecule has 1 amide bonds. The van der Waals surface area contributed by atoms with Crippen molar-refractivity contribution in [3.05, 3.63) is 30.1 Å². The third-order valence-electron chi connectivity index (χ3n) is 2.91. The molecule has 0 aliphatic carbocycles. The molecular formula is C13H21N3O. The predicted molar refractivity (Wildman–Crippen MR) is 68.1 cm³/mol. The lowest BCUT2D eigenvalue weighted by Gasteiger charge is -2.18. The highest BCUT2D eigenvalue weighted by molar-refractivity contribution is 5.76. The molecule has 1 unspecified atom stereocenters. The fourth-order valence-electron chi connectivity index (χ4n) is 1.60. The van der Waals surface area contributed by atoms with Crippen LogP contribution in [0, 0.1) is 11.8 Å². The van der Waals surface area contributed by atoms with Gasteiger partial charge in [-0.25, -0.2) is 0 Å². The molecule has 1 heterocycles. The van der Waals surface area contributed by atoms with Crippen molar-refractivity contribution in [3.63, 3.8) is 0 Å². The van der Waals surface area contributed by atoms with Gasteiger partial charge in [-0.3, -0.25) is 9.78 Å². The Bertz CT molecular complexity index is 338. The molecule has 0 aliphatic heterocycles. The largest absolute Gasteiger partial charge is 0.352 e. The molecule has 1 aromatic rings. The van der Waals surface area contributed by atoms with Crippen molar-refractivity contribution >= 4 is 5.91 Å². The lowest BCUT2D eigenvalue weighted by Crippen LogP contribution is -2.30. The van der Waals surface area contributed by atoms with Crippen LogP contribution in [-0.2, 0) is 11.3 Å². The molecule has 0 fully saturated rings. The molecule has 0 saturated carbocycles. The molecule has 1 atom stereocenters. The van der Waals surface area contributed by atoms with Crippen LogP contribution in [0.25, 0.3) is 0 Å². The van der Waals surface area contributed by atoms with Gasteiger partial charge in [-0.1, -0.05) is 19.9 Å². The highest BCUT2D eigenvalue weighted by atomic mass is 16.1. The third kappa shape index (κ3) is 4.95. The first-order valence-electron chi connectivity index (χ1n) is 5.99. The molecule has 1 aromatic heterocycles. The van der Waals surface area contributed by atoms with E-state index in [0.717, 1.165) is 5.56 Å². The molecule has 4 nitrogen and oxygen atoms in total. The van der Waals surface area contributed by atoms with Crippen molar-refractivity contribution in [2.24, 2.45) is 17.6 Å². The molecule has 0 spiro atoms. The number of nitrogens with zero attached hydrogens (tertiary/aromatic N) is 1. The number of carbonyl (C=O) groups is 1. The maximum absolute atomic E-state index is 11.7. The molecule has 0 saturated heterocycles. The summed E-state index contributed by atoms with van der Waals surface area (Å²) in [5.74, 6) is 0.742. The van der Waals surface area contributed by atoms with Crippen molar-refractivity contribution in [3.8, 4) is 0 Å².